The van der Waals surface area contributed by atoms with Gasteiger partial charge in [-0.3, -0.25) is 25.2 Å². The minimum Gasteiger partial charge on any atom is -0.660 e. The Kier molecular flexibility index (Phi) is 15.1. The summed E-state index contributed by atoms with van der Waals surface area (Å²) in [5, 5.41) is 23.3. The molecule has 2 aromatic heterocycles. The Balaban J connectivity index is 0.000000269. The largest absolute Gasteiger partial charge is 2.00 e. The van der Waals surface area contributed by atoms with Gasteiger partial charge in [0.2, 0.25) is 0 Å². The van der Waals surface area contributed by atoms with Crippen LogP contribution in [0.1, 0.15) is 126 Å². The van der Waals surface area contributed by atoms with Gasteiger partial charge in [-0.1, -0.05) is 61.9 Å². The fourth-order valence-corrected chi connectivity index (χ4v) is 8.47. The van der Waals surface area contributed by atoms with Gasteiger partial charge in [-0.25, -0.2) is 9.79 Å². The van der Waals surface area contributed by atoms with Crippen molar-refractivity contribution in [3.63, 3.8) is 0 Å². The number of aryl methyl sites for hydroxylation is 6. The summed E-state index contributed by atoms with van der Waals surface area (Å²) in [6.45, 7) is 31.1. The molecule has 0 amide bonds. The minimum atomic E-state index is -0.425. The van der Waals surface area contributed by atoms with Crippen molar-refractivity contribution in [2.75, 3.05) is 6.61 Å². The Bertz CT molecular complexity index is 2700. The van der Waals surface area contributed by atoms with E-state index in [1.54, 1.807) is 41.5 Å². The number of hydrogen-bond acceptors (Lipinski definition) is 8. The molecule has 0 unspecified atom stereocenters. The van der Waals surface area contributed by atoms with Gasteiger partial charge < -0.3 is 14.7 Å². The van der Waals surface area contributed by atoms with Crippen LogP contribution < -0.4 is 9.97 Å². The Hall–Kier alpha value is -5.77. The van der Waals surface area contributed by atoms with E-state index in [2.05, 4.69) is 63.7 Å². The van der Waals surface area contributed by atoms with E-state index < -0.39 is 10.9 Å². The van der Waals surface area contributed by atoms with Crippen molar-refractivity contribution in [1.82, 2.24) is 9.97 Å². The number of carbonyl (C=O) groups is 1. The SMILES string of the molecule is CCOC(=O)C1=C(C)/C(=C(\c2cc(C)c(C)c(C)c2)c2[n-]c(C)c([N+](=O)[O-])c2C)N=C1C.CCc1c(C)[n-]c(/C(=C2\N=C(C)C([N+](=O)[O-])=C2C)c2cc(C)c(C)c(C)c2)c1C.[Pd+2]. The molecule has 12 nitrogen and oxygen atoms in total. The van der Waals surface area contributed by atoms with E-state index in [1.165, 1.54) is 27.8 Å². The average Bonchev–Trinajstić information content (AvgIpc) is 3.84. The number of carbonyl (C=O) groups excluding carboxylic acids is 1. The summed E-state index contributed by atoms with van der Waals surface area (Å²) in [5.74, 6) is -0.425. The van der Waals surface area contributed by atoms with Crippen LogP contribution in [0, 0.1) is 89.5 Å². The van der Waals surface area contributed by atoms with Gasteiger partial charge >= 0.3 is 26.4 Å². The molecule has 0 radical (unpaired) electrons. The van der Waals surface area contributed by atoms with Crippen LogP contribution in [0.5, 0.6) is 0 Å². The van der Waals surface area contributed by atoms with Crippen molar-refractivity contribution >= 4 is 34.2 Å². The first-order valence-electron chi connectivity index (χ1n) is 20.5. The van der Waals surface area contributed by atoms with E-state index >= 15 is 0 Å². The monoisotopic (exact) mass is 930 g/mol. The van der Waals surface area contributed by atoms with Crippen molar-refractivity contribution in [2.24, 2.45) is 9.98 Å². The molecule has 4 heterocycles. The van der Waals surface area contributed by atoms with E-state index in [0.29, 0.717) is 62.1 Å². The van der Waals surface area contributed by atoms with Crippen molar-refractivity contribution in [3.8, 4) is 0 Å². The Morgan fingerprint density at radius 3 is 1.44 bits per heavy atom. The Morgan fingerprint density at radius 1 is 0.613 bits per heavy atom. The van der Waals surface area contributed by atoms with Crippen LogP contribution in [-0.4, -0.2) is 33.8 Å². The maximum absolute atomic E-state index is 12.6. The van der Waals surface area contributed by atoms with Crippen LogP contribution in [-0.2, 0) is 36.4 Å². The summed E-state index contributed by atoms with van der Waals surface area (Å²) in [6.07, 6.45) is 0.899. The first kappa shape index (κ1) is 48.9. The first-order valence-corrected chi connectivity index (χ1v) is 20.5. The molecule has 13 heteroatoms. The quantitative estimate of drug-likeness (QED) is 0.0692. The number of aromatic nitrogens is 2. The topological polar surface area (TPSA) is 166 Å². The summed E-state index contributed by atoms with van der Waals surface area (Å²) >= 11 is 0. The van der Waals surface area contributed by atoms with Gasteiger partial charge in [0.05, 0.1) is 44.7 Å². The summed E-state index contributed by atoms with van der Waals surface area (Å²) in [7, 11) is 0. The Morgan fingerprint density at radius 2 is 1.05 bits per heavy atom. The molecule has 0 N–H and O–H groups in total. The molecule has 0 aliphatic carbocycles. The van der Waals surface area contributed by atoms with Crippen LogP contribution >= 0.6 is 0 Å². The maximum Gasteiger partial charge on any atom is 2.00 e. The molecule has 0 spiro atoms. The normalized spacial score (nSPS) is 15.2. The molecule has 0 atom stereocenters. The van der Waals surface area contributed by atoms with Gasteiger partial charge in [0, 0.05) is 5.56 Å². The van der Waals surface area contributed by atoms with Crippen molar-refractivity contribution in [2.45, 2.75) is 117 Å². The van der Waals surface area contributed by atoms with E-state index in [-0.39, 0.29) is 43.3 Å². The van der Waals surface area contributed by atoms with Crippen LogP contribution in [0.3, 0.4) is 0 Å². The van der Waals surface area contributed by atoms with Gasteiger partial charge in [0.15, 0.2) is 0 Å². The van der Waals surface area contributed by atoms with Crippen LogP contribution in [0.25, 0.3) is 11.1 Å². The van der Waals surface area contributed by atoms with E-state index in [9.17, 15) is 25.0 Å². The summed E-state index contributed by atoms with van der Waals surface area (Å²) in [6, 6.07) is 8.37. The van der Waals surface area contributed by atoms with Gasteiger partial charge in [-0.15, -0.1) is 11.4 Å². The number of benzene rings is 2. The van der Waals surface area contributed by atoms with Crippen LogP contribution in [0.2, 0.25) is 0 Å². The number of allylic oxidation sites excluding steroid dienone is 3. The van der Waals surface area contributed by atoms with E-state index in [4.69, 9.17) is 14.7 Å². The molecule has 0 saturated carbocycles. The zero-order valence-corrected chi connectivity index (χ0v) is 40.2. The second-order valence-electron chi connectivity index (χ2n) is 16.0. The first-order chi connectivity index (χ1) is 28.6. The third kappa shape index (κ3) is 8.92. The van der Waals surface area contributed by atoms with E-state index in [0.717, 1.165) is 51.2 Å². The molecule has 0 saturated heterocycles. The number of hydrogen-bond donors (Lipinski definition) is 0. The number of nitrogens with zero attached hydrogens (tertiary/aromatic N) is 6. The fraction of sp³-hybridized carbons (Fsp3) is 0.367. The molecule has 0 bridgehead atoms. The molecular weight excluding hydrogens is 875 g/mol. The zero-order chi connectivity index (χ0) is 45.5. The van der Waals surface area contributed by atoms with Crippen molar-refractivity contribution in [1.29, 1.82) is 0 Å². The molecule has 2 aliphatic rings. The standard InChI is InChI=1S/C25H29N3O4.C24H28N3O2.Pd/c1-9-32-25(29)20-15(5)22(26-17(20)7)21(19-10-12(2)14(4)13(3)11-19)23-16(6)24(28(30)31)18(8)27-23;1-9-20-15(5)22(25-17(20)7)21(19-10-12(2)14(4)13(3)11-19)23-16(6)24(27(28)29)18(8)26-23;/h10-11H,9H2,1-8H3,(H,26,27,29);10-11H,9H2,1-8H3;/q;-1;+2/p-1/b;23-21-;. The van der Waals surface area contributed by atoms with Crippen LogP contribution in [0.4, 0.5) is 5.69 Å². The van der Waals surface area contributed by atoms with Crippen LogP contribution in [0.15, 0.2) is 68.1 Å². The average molecular weight is 931 g/mol. The van der Waals surface area contributed by atoms with Gasteiger partial charge in [0.25, 0.3) is 11.4 Å². The molecule has 62 heavy (non-hydrogen) atoms. The smallest absolute Gasteiger partial charge is 0.660 e. The van der Waals surface area contributed by atoms with Gasteiger partial charge in [-0.05, 0) is 158 Å². The molecule has 0 fully saturated rings. The van der Waals surface area contributed by atoms with Gasteiger partial charge in [0.1, 0.15) is 5.71 Å². The minimum absolute atomic E-state index is 0. The summed E-state index contributed by atoms with van der Waals surface area (Å²) < 4.78 is 5.23. The molecule has 2 aromatic carbocycles. The number of ether oxygens (including phenoxy) is 1. The van der Waals surface area contributed by atoms with E-state index in [1.807, 2.05) is 39.8 Å². The molecule has 6 rings (SSSR count). The molecule has 4 aromatic rings. The third-order valence-electron chi connectivity index (χ3n) is 12.1. The zero-order valence-electron chi connectivity index (χ0n) is 38.7. The molecular formula is C49H56N6O6Pd. The predicted molar refractivity (Wildman–Crippen MR) is 243 cm³/mol. The van der Waals surface area contributed by atoms with Crippen molar-refractivity contribution in [3.05, 3.63) is 162 Å². The predicted octanol–water partition coefficient (Wildman–Crippen LogP) is 10.7. The Labute approximate surface area is 378 Å². The fourth-order valence-electron chi connectivity index (χ4n) is 8.47. The third-order valence-corrected chi connectivity index (χ3v) is 12.1. The number of esters is 1. The number of aliphatic imine (C=N–C) groups is 2. The second kappa shape index (κ2) is 19.1. The maximum atomic E-state index is 12.6. The van der Waals surface area contributed by atoms with Crippen molar-refractivity contribution < 1.29 is 39.8 Å². The van der Waals surface area contributed by atoms with Gasteiger partial charge in [-0.2, -0.15) is 5.69 Å². The number of rotatable bonds is 9. The summed E-state index contributed by atoms with van der Waals surface area (Å²) in [4.78, 5) is 54.0. The summed E-state index contributed by atoms with van der Waals surface area (Å²) in [5.41, 5.74) is 20.0. The molecule has 328 valence electrons. The second-order valence-corrected chi connectivity index (χ2v) is 16.0. The number of nitro groups is 2. The molecule has 2 aliphatic heterocycles.